The van der Waals surface area contributed by atoms with Gasteiger partial charge >= 0.3 is 24.1 Å². The molecule has 66 heavy (non-hydrogen) atoms. The van der Waals surface area contributed by atoms with Crippen LogP contribution in [0.2, 0.25) is 0 Å². The highest BCUT2D eigenvalue weighted by Gasteiger charge is 2.28. The first kappa shape index (κ1) is 44.3. The standard InChI is InChI=1S/C42H45N19O5/c43-15-30-48-26(49-31(16-44)52-30)13-22-5-2-6-23(14-27-50-32(17-45)53-33(18-46)51-27)36(22)60-61-37-25(47)10-8-19-7-9-24(38(62)35(19)37)34-20(11-28-54-39(63)58-40(64)55-28)3-1-4-21(34)12-29-56-41(65)59-42(66)57-29/h1-10,28-29,62H,11-18,43-47H2,(H3,54,55,58,63,64)(H3,56,57,59,65,66)/b61-60-. The monoisotopic (exact) mass is 895 g/mol. The number of azo groups is 1. The molecule has 4 heterocycles. The number of rotatable bonds is 15. The molecule has 0 aliphatic carbocycles. The Labute approximate surface area is 375 Å². The molecule has 8 amide bonds. The number of urea groups is 4. The van der Waals surface area contributed by atoms with Crippen molar-refractivity contribution in [1.29, 1.82) is 0 Å². The summed E-state index contributed by atoms with van der Waals surface area (Å²) in [6.45, 7) is 0.260. The largest absolute Gasteiger partial charge is 0.507 e. The van der Waals surface area contributed by atoms with Gasteiger partial charge in [0.15, 0.2) is 0 Å². The average Bonchev–Trinajstić information content (AvgIpc) is 3.29. The minimum absolute atomic E-state index is 0.0651. The van der Waals surface area contributed by atoms with Gasteiger partial charge in [0.25, 0.3) is 0 Å². The van der Waals surface area contributed by atoms with Crippen LogP contribution in [0.15, 0.2) is 70.9 Å². The van der Waals surface area contributed by atoms with E-state index in [1.54, 1.807) is 42.5 Å². The Morgan fingerprint density at radius 2 is 0.909 bits per heavy atom. The smallest absolute Gasteiger partial charge is 0.324 e. The normalized spacial score (nSPS) is 14.4. The summed E-state index contributed by atoms with van der Waals surface area (Å²) in [5, 5.41) is 37.9. The molecule has 24 heteroatoms. The number of anilines is 1. The van der Waals surface area contributed by atoms with Crippen LogP contribution < -0.4 is 60.6 Å². The van der Waals surface area contributed by atoms with Crippen molar-refractivity contribution < 1.29 is 24.3 Å². The van der Waals surface area contributed by atoms with Gasteiger partial charge in [-0.1, -0.05) is 48.5 Å². The Morgan fingerprint density at radius 3 is 1.35 bits per heavy atom. The maximum Gasteiger partial charge on any atom is 0.324 e. The number of carbonyl (C=O) groups is 4. The van der Waals surface area contributed by atoms with E-state index in [9.17, 15) is 24.3 Å². The van der Waals surface area contributed by atoms with Gasteiger partial charge < -0.3 is 55.0 Å². The second-order valence-corrected chi connectivity index (χ2v) is 15.1. The lowest BCUT2D eigenvalue weighted by molar-refractivity contribution is 0.207. The molecule has 0 radical (unpaired) electrons. The van der Waals surface area contributed by atoms with Crippen LogP contribution in [0.4, 0.5) is 36.2 Å². The van der Waals surface area contributed by atoms with Crippen molar-refractivity contribution in [3.8, 4) is 16.9 Å². The van der Waals surface area contributed by atoms with Crippen LogP contribution >= 0.6 is 0 Å². The minimum Gasteiger partial charge on any atom is -0.507 e. The van der Waals surface area contributed by atoms with E-state index in [-0.39, 0.29) is 74.4 Å². The summed E-state index contributed by atoms with van der Waals surface area (Å²) in [5.74, 6) is 2.02. The van der Waals surface area contributed by atoms with Crippen LogP contribution in [0.3, 0.4) is 0 Å². The quantitative estimate of drug-likeness (QED) is 0.0512. The van der Waals surface area contributed by atoms with Crippen LogP contribution in [0.1, 0.15) is 57.2 Å². The summed E-state index contributed by atoms with van der Waals surface area (Å²) in [6, 6.07) is 15.0. The van der Waals surface area contributed by atoms with Gasteiger partial charge in [-0.25, -0.2) is 49.1 Å². The van der Waals surface area contributed by atoms with E-state index in [0.29, 0.717) is 79.4 Å². The fraction of sp³-hybridized carbons (Fsp3) is 0.238. The highest BCUT2D eigenvalue weighted by atomic mass is 16.3. The van der Waals surface area contributed by atoms with Gasteiger partial charge in [0, 0.05) is 31.2 Å². The van der Waals surface area contributed by atoms with E-state index in [1.165, 1.54) is 0 Å². The molecule has 24 nitrogen and oxygen atoms in total. The Bertz CT molecular complexity index is 2720. The van der Waals surface area contributed by atoms with Gasteiger partial charge in [-0.05, 0) is 45.3 Å². The summed E-state index contributed by atoms with van der Waals surface area (Å²) in [4.78, 5) is 76.0. The molecule has 4 aromatic carbocycles. The Hall–Kier alpha value is -8.32. The van der Waals surface area contributed by atoms with Crippen molar-refractivity contribution in [1.82, 2.24) is 61.8 Å². The lowest BCUT2D eigenvalue weighted by Gasteiger charge is -2.28. The third-order valence-corrected chi connectivity index (χ3v) is 10.6. The lowest BCUT2D eigenvalue weighted by Crippen LogP contribution is -2.62. The molecule has 0 atom stereocenters. The van der Waals surface area contributed by atoms with Crippen molar-refractivity contribution in [2.75, 3.05) is 5.73 Å². The molecular formula is C42H45N19O5. The first-order valence-electron chi connectivity index (χ1n) is 20.6. The number of imide groups is 2. The SMILES string of the molecule is NCc1nc(CN)nc(Cc2cccc(Cc3nc(CN)nc(CN)n3)c2/N=N\c2c(N)ccc3ccc(-c4c(CC5NC(=O)NC(=O)N5)cccc4CC4NC(=O)NC(=O)N4)c(O)c23)n1. The van der Waals surface area contributed by atoms with Crippen molar-refractivity contribution in [2.24, 2.45) is 33.2 Å². The predicted molar refractivity (Wildman–Crippen MR) is 238 cm³/mol. The number of nitrogens with zero attached hydrogens (tertiary/aromatic N) is 8. The number of carbonyl (C=O) groups excluding carboxylic acids is 4. The van der Waals surface area contributed by atoms with Crippen LogP contribution in [-0.2, 0) is 51.9 Å². The van der Waals surface area contributed by atoms with Gasteiger partial charge in [-0.2, -0.15) is 0 Å². The molecule has 2 aromatic heterocycles. The van der Waals surface area contributed by atoms with Gasteiger partial charge in [-0.15, -0.1) is 10.2 Å². The van der Waals surface area contributed by atoms with E-state index < -0.39 is 36.5 Å². The first-order valence-corrected chi connectivity index (χ1v) is 20.6. The number of benzene rings is 4. The van der Waals surface area contributed by atoms with Gasteiger partial charge in [0.1, 0.15) is 58.7 Å². The molecule has 6 aromatic rings. The van der Waals surface area contributed by atoms with Gasteiger partial charge in [0.05, 0.1) is 42.9 Å². The predicted octanol–water partition coefficient (Wildman–Crippen LogP) is 1.38. The lowest BCUT2D eigenvalue weighted by atomic mass is 9.88. The number of fused-ring (bicyclic) bond motifs is 1. The summed E-state index contributed by atoms with van der Waals surface area (Å²) in [7, 11) is 0. The molecule has 338 valence electrons. The third kappa shape index (κ3) is 9.75. The van der Waals surface area contributed by atoms with E-state index >= 15 is 0 Å². The molecule has 0 saturated carbocycles. The van der Waals surface area contributed by atoms with Crippen LogP contribution in [0, 0.1) is 0 Å². The van der Waals surface area contributed by atoms with Crippen molar-refractivity contribution in [3.05, 3.63) is 118 Å². The number of hydrogen-bond donors (Lipinski definition) is 12. The maximum atomic E-state index is 12.5. The molecule has 2 saturated heterocycles. The van der Waals surface area contributed by atoms with E-state index in [0.717, 1.165) is 0 Å². The zero-order chi connectivity index (χ0) is 46.5. The topological polar surface area (TPSA) is 393 Å². The second-order valence-electron chi connectivity index (χ2n) is 15.1. The molecule has 2 aliphatic rings. The molecular weight excluding hydrogens is 851 g/mol. The first-order chi connectivity index (χ1) is 31.9. The number of nitrogens with two attached hydrogens (primary N) is 5. The van der Waals surface area contributed by atoms with E-state index in [1.807, 2.05) is 18.2 Å². The number of phenolic OH excluding ortho intramolecular Hbond substituents is 1. The van der Waals surface area contributed by atoms with Gasteiger partial charge in [-0.3, -0.25) is 10.6 Å². The maximum absolute atomic E-state index is 12.5. The zero-order valence-electron chi connectivity index (χ0n) is 35.1. The molecule has 2 aliphatic heterocycles. The Morgan fingerprint density at radius 1 is 0.515 bits per heavy atom. The number of amides is 8. The molecule has 0 unspecified atom stereocenters. The van der Waals surface area contributed by atoms with E-state index in [4.69, 9.17) is 38.9 Å². The number of phenols is 1. The van der Waals surface area contributed by atoms with Crippen molar-refractivity contribution in [2.45, 2.75) is 64.2 Å². The van der Waals surface area contributed by atoms with Crippen LogP contribution in [0.25, 0.3) is 21.9 Å². The minimum atomic E-state index is -0.835. The number of nitrogen functional groups attached to an aromatic ring is 1. The number of hydrogen-bond acceptors (Lipinski definition) is 18. The summed E-state index contributed by atoms with van der Waals surface area (Å²) >= 11 is 0. The molecule has 2 fully saturated rings. The fourth-order valence-electron chi connectivity index (χ4n) is 7.81. The highest BCUT2D eigenvalue weighted by molar-refractivity contribution is 6.06. The number of aromatic nitrogens is 6. The van der Waals surface area contributed by atoms with Crippen molar-refractivity contribution >= 4 is 52.0 Å². The third-order valence-electron chi connectivity index (χ3n) is 10.6. The Balaban J connectivity index is 1.27. The summed E-state index contributed by atoms with van der Waals surface area (Å²) in [5.41, 5.74) is 34.4. The van der Waals surface area contributed by atoms with Crippen LogP contribution in [-0.4, -0.2) is 71.5 Å². The number of aromatic hydroxyl groups is 1. The average molecular weight is 896 g/mol. The highest BCUT2D eigenvalue weighted by Crippen LogP contribution is 2.46. The van der Waals surface area contributed by atoms with Crippen LogP contribution in [0.5, 0.6) is 5.75 Å². The summed E-state index contributed by atoms with van der Waals surface area (Å²) < 4.78 is 0. The Kier molecular flexibility index (Phi) is 12.9. The van der Waals surface area contributed by atoms with Crippen molar-refractivity contribution in [3.63, 3.8) is 0 Å². The second kappa shape index (κ2) is 19.2. The number of nitrogens with one attached hydrogen (secondary N) is 6. The molecule has 17 N–H and O–H groups in total. The molecule has 0 spiro atoms. The summed E-state index contributed by atoms with van der Waals surface area (Å²) in [6.07, 6.45) is -1.18. The molecule has 8 rings (SSSR count). The van der Waals surface area contributed by atoms with Gasteiger partial charge in [0.2, 0.25) is 0 Å². The fourth-order valence-corrected chi connectivity index (χ4v) is 7.81. The van der Waals surface area contributed by atoms with E-state index in [2.05, 4.69) is 61.8 Å². The molecule has 0 bridgehead atoms. The zero-order valence-corrected chi connectivity index (χ0v) is 35.1.